The van der Waals surface area contributed by atoms with Crippen molar-refractivity contribution in [3.8, 4) is 0 Å². The van der Waals surface area contributed by atoms with E-state index in [2.05, 4.69) is 0 Å². The first-order valence-corrected chi connectivity index (χ1v) is 5.75. The van der Waals surface area contributed by atoms with Gasteiger partial charge < -0.3 is 15.1 Å². The molecule has 0 aromatic heterocycles. The van der Waals surface area contributed by atoms with Gasteiger partial charge in [0.15, 0.2) is 0 Å². The van der Waals surface area contributed by atoms with Crippen LogP contribution in [0.5, 0.6) is 0 Å². The number of halogens is 2. The monoisotopic (exact) mass is 259 g/mol. The summed E-state index contributed by atoms with van der Waals surface area (Å²) in [6.45, 7) is 1.77. The quantitative estimate of drug-likeness (QED) is 0.811. The first kappa shape index (κ1) is 15.0. The van der Waals surface area contributed by atoms with Crippen LogP contribution in [0, 0.1) is 17.0 Å². The topological polar surface area (TPSA) is 43.7 Å². The van der Waals surface area contributed by atoms with Gasteiger partial charge in [0.25, 0.3) is 0 Å². The summed E-state index contributed by atoms with van der Waals surface area (Å²) < 4.78 is 26.9. The minimum Gasteiger partial charge on any atom is -0.396 e. The number of rotatable bonds is 6. The van der Waals surface area contributed by atoms with E-state index in [1.165, 1.54) is 18.2 Å². The standard InChI is InChI=1S/C13H19F2NO2/c1-13(8-17,9-18)7-16(2)6-10-11(14)4-3-5-12(10)15/h3-5,17-18H,6-9H2,1-2H3. The molecule has 0 unspecified atom stereocenters. The molecule has 0 heterocycles. The average molecular weight is 259 g/mol. The largest absolute Gasteiger partial charge is 0.396 e. The van der Waals surface area contributed by atoms with Gasteiger partial charge in [-0.05, 0) is 19.2 Å². The lowest BCUT2D eigenvalue weighted by atomic mass is 9.92. The molecule has 0 aliphatic rings. The SMILES string of the molecule is CN(Cc1c(F)cccc1F)CC(C)(CO)CO. The molecule has 5 heteroatoms. The highest BCUT2D eigenvalue weighted by Crippen LogP contribution is 2.19. The summed E-state index contributed by atoms with van der Waals surface area (Å²) in [5.41, 5.74) is -0.686. The predicted octanol–water partition coefficient (Wildman–Crippen LogP) is 1.39. The van der Waals surface area contributed by atoms with Crippen LogP contribution in [0.2, 0.25) is 0 Å². The molecule has 0 fully saturated rings. The zero-order chi connectivity index (χ0) is 13.8. The maximum absolute atomic E-state index is 13.4. The lowest BCUT2D eigenvalue weighted by Crippen LogP contribution is -2.38. The molecule has 2 N–H and O–H groups in total. The molecule has 0 atom stereocenters. The third kappa shape index (κ3) is 3.73. The third-order valence-electron chi connectivity index (χ3n) is 2.90. The second kappa shape index (κ2) is 6.22. The van der Waals surface area contributed by atoms with Crippen LogP contribution < -0.4 is 0 Å². The van der Waals surface area contributed by atoms with Crippen molar-refractivity contribution in [1.82, 2.24) is 4.90 Å². The lowest BCUT2D eigenvalue weighted by molar-refractivity contribution is 0.0397. The Morgan fingerprint density at radius 3 is 2.11 bits per heavy atom. The third-order valence-corrected chi connectivity index (χ3v) is 2.90. The van der Waals surface area contributed by atoms with E-state index in [1.807, 2.05) is 0 Å². The van der Waals surface area contributed by atoms with Crippen molar-refractivity contribution in [2.75, 3.05) is 26.8 Å². The van der Waals surface area contributed by atoms with Crippen LogP contribution >= 0.6 is 0 Å². The predicted molar refractivity (Wildman–Crippen MR) is 65.0 cm³/mol. The molecule has 18 heavy (non-hydrogen) atoms. The van der Waals surface area contributed by atoms with Gasteiger partial charge in [-0.1, -0.05) is 13.0 Å². The Hall–Kier alpha value is -1.04. The molecule has 1 rings (SSSR count). The van der Waals surface area contributed by atoms with Gasteiger partial charge in [0.2, 0.25) is 0 Å². The van der Waals surface area contributed by atoms with Crippen molar-refractivity contribution in [2.24, 2.45) is 5.41 Å². The van der Waals surface area contributed by atoms with Crippen LogP contribution in [0.15, 0.2) is 18.2 Å². The van der Waals surface area contributed by atoms with Crippen molar-refractivity contribution in [3.63, 3.8) is 0 Å². The van der Waals surface area contributed by atoms with Crippen LogP contribution in [0.25, 0.3) is 0 Å². The number of nitrogens with zero attached hydrogens (tertiary/aromatic N) is 1. The van der Waals surface area contributed by atoms with E-state index < -0.39 is 17.0 Å². The normalized spacial score (nSPS) is 12.2. The van der Waals surface area contributed by atoms with E-state index in [0.717, 1.165) is 0 Å². The zero-order valence-corrected chi connectivity index (χ0v) is 10.7. The van der Waals surface area contributed by atoms with E-state index in [0.29, 0.717) is 6.54 Å². The van der Waals surface area contributed by atoms with E-state index >= 15 is 0 Å². The summed E-state index contributed by atoms with van der Waals surface area (Å²) in [4.78, 5) is 1.67. The molecule has 0 spiro atoms. The molecular formula is C13H19F2NO2. The van der Waals surface area contributed by atoms with Crippen molar-refractivity contribution in [3.05, 3.63) is 35.4 Å². The fourth-order valence-corrected chi connectivity index (χ4v) is 1.81. The number of aliphatic hydroxyl groups excluding tert-OH is 2. The second-order valence-corrected chi connectivity index (χ2v) is 5.00. The van der Waals surface area contributed by atoms with Crippen molar-refractivity contribution >= 4 is 0 Å². The summed E-state index contributed by atoms with van der Waals surface area (Å²) in [7, 11) is 1.69. The summed E-state index contributed by atoms with van der Waals surface area (Å²) in [6, 6.07) is 3.74. The van der Waals surface area contributed by atoms with Crippen LogP contribution in [0.1, 0.15) is 12.5 Å². The van der Waals surface area contributed by atoms with Gasteiger partial charge in [-0.3, -0.25) is 0 Å². The molecule has 1 aromatic carbocycles. The summed E-state index contributed by atoms with van der Waals surface area (Å²) in [6.07, 6.45) is 0. The summed E-state index contributed by atoms with van der Waals surface area (Å²) in [5.74, 6) is -1.17. The molecule has 0 aliphatic heterocycles. The number of hydrogen-bond acceptors (Lipinski definition) is 3. The van der Waals surface area contributed by atoms with E-state index in [4.69, 9.17) is 0 Å². The highest BCUT2D eigenvalue weighted by atomic mass is 19.1. The minimum absolute atomic E-state index is 0.00164. The van der Waals surface area contributed by atoms with E-state index in [1.54, 1.807) is 18.9 Å². The van der Waals surface area contributed by atoms with Gasteiger partial charge in [0, 0.05) is 24.1 Å². The molecule has 0 radical (unpaired) electrons. The highest BCUT2D eigenvalue weighted by molar-refractivity contribution is 5.19. The van der Waals surface area contributed by atoms with Gasteiger partial charge in [-0.2, -0.15) is 0 Å². The fourth-order valence-electron chi connectivity index (χ4n) is 1.81. The van der Waals surface area contributed by atoms with E-state index in [9.17, 15) is 19.0 Å². The lowest BCUT2D eigenvalue weighted by Gasteiger charge is -2.30. The second-order valence-electron chi connectivity index (χ2n) is 5.00. The van der Waals surface area contributed by atoms with Crippen LogP contribution in [0.3, 0.4) is 0 Å². The van der Waals surface area contributed by atoms with E-state index in [-0.39, 0.29) is 25.3 Å². The van der Waals surface area contributed by atoms with Gasteiger partial charge in [-0.25, -0.2) is 8.78 Å². The first-order chi connectivity index (χ1) is 8.41. The van der Waals surface area contributed by atoms with Crippen LogP contribution in [-0.2, 0) is 6.54 Å². The average Bonchev–Trinajstić information content (AvgIpc) is 2.34. The summed E-state index contributed by atoms with van der Waals surface area (Å²) >= 11 is 0. The molecule has 0 bridgehead atoms. The molecule has 1 aromatic rings. The molecule has 0 saturated carbocycles. The smallest absolute Gasteiger partial charge is 0.130 e. The summed E-state index contributed by atoms with van der Waals surface area (Å²) in [5, 5.41) is 18.3. The first-order valence-electron chi connectivity index (χ1n) is 5.75. The van der Waals surface area contributed by atoms with Crippen LogP contribution in [0.4, 0.5) is 8.78 Å². The van der Waals surface area contributed by atoms with Crippen molar-refractivity contribution in [2.45, 2.75) is 13.5 Å². The number of aliphatic hydroxyl groups is 2. The van der Waals surface area contributed by atoms with Gasteiger partial charge >= 0.3 is 0 Å². The van der Waals surface area contributed by atoms with Crippen LogP contribution in [-0.4, -0.2) is 41.9 Å². The highest BCUT2D eigenvalue weighted by Gasteiger charge is 2.25. The fraction of sp³-hybridized carbons (Fsp3) is 0.538. The van der Waals surface area contributed by atoms with Crippen molar-refractivity contribution in [1.29, 1.82) is 0 Å². The Balaban J connectivity index is 2.73. The Morgan fingerprint density at radius 2 is 1.67 bits per heavy atom. The number of hydrogen-bond donors (Lipinski definition) is 2. The van der Waals surface area contributed by atoms with Gasteiger partial charge in [0.1, 0.15) is 11.6 Å². The molecule has 102 valence electrons. The molecule has 0 aliphatic carbocycles. The minimum atomic E-state index is -0.684. The Kier molecular flexibility index (Phi) is 5.19. The van der Waals surface area contributed by atoms with Gasteiger partial charge in [0.05, 0.1) is 13.2 Å². The molecule has 3 nitrogen and oxygen atoms in total. The molecule has 0 amide bonds. The van der Waals surface area contributed by atoms with Crippen molar-refractivity contribution < 1.29 is 19.0 Å². The Bertz CT molecular complexity index is 374. The van der Waals surface area contributed by atoms with Gasteiger partial charge in [-0.15, -0.1) is 0 Å². The Labute approximate surface area is 106 Å². The molecular weight excluding hydrogens is 240 g/mol. The zero-order valence-electron chi connectivity index (χ0n) is 10.7. The maximum Gasteiger partial charge on any atom is 0.130 e. The molecule has 0 saturated heterocycles. The maximum atomic E-state index is 13.4. The Morgan fingerprint density at radius 1 is 1.17 bits per heavy atom. The number of benzene rings is 1.